The first kappa shape index (κ1) is 11.9. The third-order valence-corrected chi connectivity index (χ3v) is 2.78. The van der Waals surface area contributed by atoms with Crippen LogP contribution in [0.5, 0.6) is 0 Å². The van der Waals surface area contributed by atoms with E-state index in [2.05, 4.69) is 10.3 Å². The van der Waals surface area contributed by atoms with Crippen LogP contribution in [0.25, 0.3) is 0 Å². The summed E-state index contributed by atoms with van der Waals surface area (Å²) in [5.41, 5.74) is 0. The Morgan fingerprint density at radius 2 is 2.40 bits per heavy atom. The molecule has 1 rings (SSSR count). The van der Waals surface area contributed by atoms with Crippen LogP contribution in [0, 0.1) is 0 Å². The summed E-state index contributed by atoms with van der Waals surface area (Å²) in [5.74, 6) is -1.30. The number of aliphatic carboxylic acids is 1. The van der Waals surface area contributed by atoms with E-state index in [4.69, 9.17) is 16.7 Å². The molecule has 0 aliphatic heterocycles. The van der Waals surface area contributed by atoms with E-state index in [0.29, 0.717) is 9.34 Å². The number of nitrogens with zero attached hydrogens (tertiary/aromatic N) is 1. The molecule has 2 N–H and O–H groups in total. The van der Waals surface area contributed by atoms with Crippen LogP contribution in [0.2, 0.25) is 4.34 Å². The Bertz CT molecular complexity index is 364. The lowest BCUT2D eigenvalue weighted by molar-refractivity contribution is -0.137. The predicted octanol–water partition coefficient (Wildman–Crippen LogP) is 1.45. The van der Waals surface area contributed by atoms with Gasteiger partial charge in [0, 0.05) is 6.92 Å². The van der Waals surface area contributed by atoms with Gasteiger partial charge in [-0.25, -0.2) is 4.98 Å². The molecule has 1 aromatic heterocycles. The highest BCUT2D eigenvalue weighted by Gasteiger charge is 2.19. The van der Waals surface area contributed by atoms with Crippen LogP contribution in [0.15, 0.2) is 6.20 Å². The van der Waals surface area contributed by atoms with E-state index < -0.39 is 12.0 Å². The van der Waals surface area contributed by atoms with Gasteiger partial charge in [-0.05, 0) is 0 Å². The molecule has 0 aliphatic rings. The SMILES string of the molecule is CC(=O)N[C@H](CC(=O)O)c1ncc(Cl)s1. The third-order valence-electron chi connectivity index (χ3n) is 1.55. The van der Waals surface area contributed by atoms with Gasteiger partial charge in [0.05, 0.1) is 18.7 Å². The van der Waals surface area contributed by atoms with Gasteiger partial charge < -0.3 is 10.4 Å². The van der Waals surface area contributed by atoms with Crippen molar-refractivity contribution in [3.8, 4) is 0 Å². The van der Waals surface area contributed by atoms with Gasteiger partial charge in [-0.3, -0.25) is 9.59 Å². The minimum absolute atomic E-state index is 0.205. The number of hydrogen-bond acceptors (Lipinski definition) is 4. The zero-order valence-electron chi connectivity index (χ0n) is 7.86. The van der Waals surface area contributed by atoms with Crippen LogP contribution >= 0.6 is 22.9 Å². The van der Waals surface area contributed by atoms with Crippen molar-refractivity contribution in [2.45, 2.75) is 19.4 Å². The Balaban J connectivity index is 2.80. The molecule has 0 spiro atoms. The van der Waals surface area contributed by atoms with Crippen molar-refractivity contribution in [3.63, 3.8) is 0 Å². The lowest BCUT2D eigenvalue weighted by Crippen LogP contribution is -2.27. The second kappa shape index (κ2) is 5.09. The first-order valence-corrected chi connectivity index (χ1v) is 5.28. The zero-order chi connectivity index (χ0) is 11.4. The smallest absolute Gasteiger partial charge is 0.305 e. The molecule has 0 saturated heterocycles. The van der Waals surface area contributed by atoms with Crippen LogP contribution in [0.3, 0.4) is 0 Å². The first-order valence-electron chi connectivity index (χ1n) is 4.09. The highest BCUT2D eigenvalue weighted by molar-refractivity contribution is 7.15. The fourth-order valence-electron chi connectivity index (χ4n) is 1.05. The third kappa shape index (κ3) is 3.85. The molecule has 1 atom stereocenters. The number of nitrogens with one attached hydrogen (secondary N) is 1. The van der Waals surface area contributed by atoms with Crippen LogP contribution in [-0.2, 0) is 9.59 Å². The minimum Gasteiger partial charge on any atom is -0.481 e. The summed E-state index contributed by atoms with van der Waals surface area (Å²) in [6.07, 6.45) is 1.22. The normalized spacial score (nSPS) is 12.1. The zero-order valence-corrected chi connectivity index (χ0v) is 9.43. The molecule has 1 amide bonds. The summed E-state index contributed by atoms with van der Waals surface area (Å²) in [6.45, 7) is 1.32. The highest BCUT2D eigenvalue weighted by Crippen LogP contribution is 2.25. The summed E-state index contributed by atoms with van der Waals surface area (Å²) in [7, 11) is 0. The van der Waals surface area contributed by atoms with Crippen molar-refractivity contribution in [2.75, 3.05) is 0 Å². The van der Waals surface area contributed by atoms with Crippen LogP contribution < -0.4 is 5.32 Å². The van der Waals surface area contributed by atoms with E-state index in [1.807, 2.05) is 0 Å². The fourth-order valence-corrected chi connectivity index (χ4v) is 2.03. The van der Waals surface area contributed by atoms with E-state index in [-0.39, 0.29) is 12.3 Å². The first-order chi connectivity index (χ1) is 6.99. The maximum absolute atomic E-state index is 10.9. The number of aromatic nitrogens is 1. The van der Waals surface area contributed by atoms with E-state index >= 15 is 0 Å². The molecule has 1 heterocycles. The topological polar surface area (TPSA) is 79.3 Å². The Labute approximate surface area is 95.1 Å². The van der Waals surface area contributed by atoms with Crippen LogP contribution in [-0.4, -0.2) is 22.0 Å². The van der Waals surface area contributed by atoms with Crippen molar-refractivity contribution >= 4 is 34.8 Å². The molecular weight excluding hydrogens is 240 g/mol. The molecule has 0 bridgehead atoms. The molecule has 0 fully saturated rings. The molecule has 15 heavy (non-hydrogen) atoms. The number of thiazole rings is 1. The molecule has 7 heteroatoms. The van der Waals surface area contributed by atoms with E-state index in [1.54, 1.807) is 0 Å². The number of carbonyl (C=O) groups is 2. The van der Waals surface area contributed by atoms with Gasteiger partial charge in [0.1, 0.15) is 9.34 Å². The molecule has 0 saturated carbocycles. The van der Waals surface area contributed by atoms with Crippen molar-refractivity contribution in [1.82, 2.24) is 10.3 Å². The average molecular weight is 249 g/mol. The van der Waals surface area contributed by atoms with Gasteiger partial charge in [0.2, 0.25) is 5.91 Å². The van der Waals surface area contributed by atoms with Gasteiger partial charge in [-0.2, -0.15) is 0 Å². The van der Waals surface area contributed by atoms with Gasteiger partial charge in [-0.15, -0.1) is 11.3 Å². The predicted molar refractivity (Wildman–Crippen MR) is 55.9 cm³/mol. The maximum Gasteiger partial charge on any atom is 0.305 e. The summed E-state index contributed by atoms with van der Waals surface area (Å²) in [6, 6.07) is -0.613. The summed E-state index contributed by atoms with van der Waals surface area (Å²) in [5, 5.41) is 11.7. The molecule has 1 aromatic rings. The van der Waals surface area contributed by atoms with Gasteiger partial charge in [0.25, 0.3) is 0 Å². The molecule has 82 valence electrons. The van der Waals surface area contributed by atoms with Gasteiger partial charge in [0.15, 0.2) is 0 Å². The fraction of sp³-hybridized carbons (Fsp3) is 0.375. The molecule has 0 aromatic carbocycles. The van der Waals surface area contributed by atoms with Crippen molar-refractivity contribution in [1.29, 1.82) is 0 Å². The molecule has 0 unspecified atom stereocenters. The lowest BCUT2D eigenvalue weighted by atomic mass is 10.2. The summed E-state index contributed by atoms with van der Waals surface area (Å²) < 4.78 is 0.464. The Kier molecular flexibility index (Phi) is 4.05. The monoisotopic (exact) mass is 248 g/mol. The maximum atomic E-state index is 10.9. The van der Waals surface area contributed by atoms with Crippen LogP contribution in [0.4, 0.5) is 0 Å². The standard InChI is InChI=1S/C8H9ClN2O3S/c1-4(12)11-5(2-7(13)14)8-10-3-6(9)15-8/h3,5H,2H2,1H3,(H,11,12)(H,13,14)/t5-/m1/s1. The Morgan fingerprint density at radius 3 is 2.80 bits per heavy atom. The second-order valence-electron chi connectivity index (χ2n) is 2.85. The number of carboxylic acid groups (broad SMARTS) is 1. The Hall–Kier alpha value is -1.14. The van der Waals surface area contributed by atoms with Gasteiger partial charge >= 0.3 is 5.97 Å². The summed E-state index contributed by atoms with van der Waals surface area (Å²) in [4.78, 5) is 25.4. The quantitative estimate of drug-likeness (QED) is 0.845. The van der Waals surface area contributed by atoms with Crippen LogP contribution in [0.1, 0.15) is 24.4 Å². The summed E-state index contributed by atoms with van der Waals surface area (Å²) >= 11 is 6.83. The molecular formula is C8H9ClN2O3S. The largest absolute Gasteiger partial charge is 0.481 e. The second-order valence-corrected chi connectivity index (χ2v) is 4.55. The number of carboxylic acids is 1. The number of carbonyl (C=O) groups excluding carboxylic acids is 1. The van der Waals surface area contributed by atoms with Crippen molar-refractivity contribution in [3.05, 3.63) is 15.5 Å². The molecule has 0 radical (unpaired) electrons. The van der Waals surface area contributed by atoms with Gasteiger partial charge in [-0.1, -0.05) is 11.6 Å². The lowest BCUT2D eigenvalue weighted by Gasteiger charge is -2.12. The Morgan fingerprint density at radius 1 is 1.73 bits per heavy atom. The van der Waals surface area contributed by atoms with E-state index in [1.165, 1.54) is 13.1 Å². The molecule has 0 aliphatic carbocycles. The average Bonchev–Trinajstić information content (AvgIpc) is 2.48. The number of hydrogen-bond donors (Lipinski definition) is 2. The number of amides is 1. The minimum atomic E-state index is -1.000. The number of halogens is 1. The highest BCUT2D eigenvalue weighted by atomic mass is 35.5. The number of rotatable bonds is 4. The molecule has 5 nitrogen and oxygen atoms in total. The van der Waals surface area contributed by atoms with Crippen molar-refractivity contribution < 1.29 is 14.7 Å². The van der Waals surface area contributed by atoms with E-state index in [0.717, 1.165) is 11.3 Å². The van der Waals surface area contributed by atoms with Crippen molar-refractivity contribution in [2.24, 2.45) is 0 Å². The van der Waals surface area contributed by atoms with E-state index in [9.17, 15) is 9.59 Å².